The Hall–Kier alpha value is -1.02. The molecule has 1 aromatic carbocycles. The summed E-state index contributed by atoms with van der Waals surface area (Å²) in [6.45, 7) is 7.00. The molecule has 1 aliphatic rings. The number of halogens is 2. The first-order chi connectivity index (χ1) is 12.3. The van der Waals surface area contributed by atoms with Crippen LogP contribution >= 0.6 is 23.2 Å². The van der Waals surface area contributed by atoms with Gasteiger partial charge in [0.25, 0.3) is 0 Å². The highest BCUT2D eigenvalue weighted by Crippen LogP contribution is 2.26. The third kappa shape index (κ3) is 5.74. The van der Waals surface area contributed by atoms with E-state index < -0.39 is 9.84 Å². The Bertz CT molecular complexity index is 739. The summed E-state index contributed by atoms with van der Waals surface area (Å²) >= 11 is 12.0. The zero-order chi connectivity index (χ0) is 19.3. The zero-order valence-corrected chi connectivity index (χ0v) is 17.4. The molecular formula is C17H25Cl2N3O3S. The molecule has 1 aromatic rings. The molecule has 26 heavy (non-hydrogen) atoms. The smallest absolute Gasteiger partial charge is 0.319 e. The van der Waals surface area contributed by atoms with Crippen LogP contribution in [0.25, 0.3) is 0 Å². The van der Waals surface area contributed by atoms with Crippen molar-refractivity contribution < 1.29 is 13.2 Å². The van der Waals surface area contributed by atoms with Crippen molar-refractivity contribution >= 4 is 44.8 Å². The van der Waals surface area contributed by atoms with Gasteiger partial charge in [-0.3, -0.25) is 0 Å². The van der Waals surface area contributed by atoms with E-state index in [1.54, 1.807) is 23.1 Å². The maximum atomic E-state index is 12.8. The highest BCUT2D eigenvalue weighted by Gasteiger charge is 2.34. The van der Waals surface area contributed by atoms with E-state index in [1.165, 1.54) is 0 Å². The number of urea groups is 1. The maximum absolute atomic E-state index is 12.8. The van der Waals surface area contributed by atoms with Crippen LogP contribution in [-0.4, -0.2) is 68.0 Å². The number of rotatable bonds is 7. The van der Waals surface area contributed by atoms with Crippen LogP contribution in [0.15, 0.2) is 18.2 Å². The van der Waals surface area contributed by atoms with Gasteiger partial charge in [-0.2, -0.15) is 0 Å². The van der Waals surface area contributed by atoms with Crippen molar-refractivity contribution in [3.8, 4) is 0 Å². The molecule has 0 aliphatic carbocycles. The van der Waals surface area contributed by atoms with Gasteiger partial charge in [0, 0.05) is 24.2 Å². The van der Waals surface area contributed by atoms with Gasteiger partial charge in [0.15, 0.2) is 9.84 Å². The minimum atomic E-state index is -3.09. The zero-order valence-electron chi connectivity index (χ0n) is 15.0. The highest BCUT2D eigenvalue weighted by molar-refractivity contribution is 7.91. The lowest BCUT2D eigenvalue weighted by molar-refractivity contribution is 0.178. The van der Waals surface area contributed by atoms with Crippen LogP contribution < -0.4 is 5.32 Å². The van der Waals surface area contributed by atoms with Crippen molar-refractivity contribution in [2.75, 3.05) is 43.0 Å². The molecule has 1 saturated heterocycles. The van der Waals surface area contributed by atoms with Gasteiger partial charge in [-0.1, -0.05) is 37.0 Å². The molecule has 9 heteroatoms. The third-order valence-corrected chi connectivity index (χ3v) is 6.93. The second kappa shape index (κ2) is 9.26. The Morgan fingerprint density at radius 2 is 1.92 bits per heavy atom. The summed E-state index contributed by atoms with van der Waals surface area (Å²) in [5, 5.41) is 3.61. The molecular weight excluding hydrogens is 397 g/mol. The van der Waals surface area contributed by atoms with E-state index in [0.717, 1.165) is 13.1 Å². The molecule has 1 heterocycles. The van der Waals surface area contributed by atoms with Gasteiger partial charge in [0.1, 0.15) is 0 Å². The fraction of sp³-hybridized carbons (Fsp3) is 0.588. The predicted octanol–water partition coefficient (Wildman–Crippen LogP) is 3.36. The summed E-state index contributed by atoms with van der Waals surface area (Å²) in [7, 11) is -3.09. The molecule has 2 amide bonds. The van der Waals surface area contributed by atoms with E-state index in [1.807, 2.05) is 0 Å². The molecule has 2 rings (SSSR count). The number of anilines is 1. The third-order valence-electron chi connectivity index (χ3n) is 4.63. The predicted molar refractivity (Wildman–Crippen MR) is 107 cm³/mol. The summed E-state index contributed by atoms with van der Waals surface area (Å²) in [5.74, 6) is 0.126. The minimum Gasteiger partial charge on any atom is -0.319 e. The average Bonchev–Trinajstić information content (AvgIpc) is 2.94. The summed E-state index contributed by atoms with van der Waals surface area (Å²) in [5.41, 5.74) is 0.453. The molecule has 1 fully saturated rings. The number of likely N-dealkylation sites (N-methyl/N-ethyl adjacent to an activating group) is 1. The first-order valence-corrected chi connectivity index (χ1v) is 11.3. The molecule has 0 bridgehead atoms. The van der Waals surface area contributed by atoms with Crippen molar-refractivity contribution in [1.82, 2.24) is 9.80 Å². The highest BCUT2D eigenvalue weighted by atomic mass is 35.5. The second-order valence-corrected chi connectivity index (χ2v) is 9.40. The Balaban J connectivity index is 2.14. The molecule has 0 aromatic heterocycles. The van der Waals surface area contributed by atoms with Gasteiger partial charge in [-0.25, -0.2) is 13.2 Å². The largest absolute Gasteiger partial charge is 0.322 e. The number of nitrogens with zero attached hydrogens (tertiary/aromatic N) is 2. The van der Waals surface area contributed by atoms with Crippen molar-refractivity contribution in [1.29, 1.82) is 0 Å². The van der Waals surface area contributed by atoms with E-state index in [9.17, 15) is 13.2 Å². The van der Waals surface area contributed by atoms with Gasteiger partial charge in [0.05, 0.1) is 22.2 Å². The summed E-state index contributed by atoms with van der Waals surface area (Å²) < 4.78 is 23.7. The maximum Gasteiger partial charge on any atom is 0.322 e. The molecule has 1 aliphatic heterocycles. The Labute approximate surface area is 165 Å². The summed E-state index contributed by atoms with van der Waals surface area (Å²) in [4.78, 5) is 16.7. The number of sulfone groups is 1. The molecule has 1 N–H and O–H groups in total. The number of carbonyl (C=O) groups excluding carboxylic acids is 1. The Morgan fingerprint density at radius 3 is 2.46 bits per heavy atom. The second-order valence-electron chi connectivity index (χ2n) is 6.33. The SMILES string of the molecule is CCN(CC)CCN(C(=O)Nc1ccc(Cl)cc1Cl)C1CCS(=O)(=O)C1. The van der Waals surface area contributed by atoms with Gasteiger partial charge in [-0.15, -0.1) is 0 Å². The lowest BCUT2D eigenvalue weighted by atomic mass is 10.2. The molecule has 0 spiro atoms. The fourth-order valence-electron chi connectivity index (χ4n) is 3.04. The number of hydrogen-bond donors (Lipinski definition) is 1. The summed E-state index contributed by atoms with van der Waals surface area (Å²) in [6, 6.07) is 4.17. The Kier molecular flexibility index (Phi) is 7.58. The molecule has 0 saturated carbocycles. The topological polar surface area (TPSA) is 69.7 Å². The van der Waals surface area contributed by atoms with E-state index >= 15 is 0 Å². The van der Waals surface area contributed by atoms with Crippen molar-refractivity contribution in [3.63, 3.8) is 0 Å². The Morgan fingerprint density at radius 1 is 1.23 bits per heavy atom. The van der Waals surface area contributed by atoms with Crippen LogP contribution in [0, 0.1) is 0 Å². The van der Waals surface area contributed by atoms with Gasteiger partial charge in [0.2, 0.25) is 0 Å². The standard InChI is InChI=1S/C17H25Cl2N3O3S/c1-3-21(4-2)8-9-22(14-7-10-26(24,25)12-14)17(23)20-16-6-5-13(18)11-15(16)19/h5-6,11,14H,3-4,7-10,12H2,1-2H3,(H,20,23). The minimum absolute atomic E-state index is 0.00696. The first kappa shape index (κ1) is 21.3. The monoisotopic (exact) mass is 421 g/mol. The average molecular weight is 422 g/mol. The molecule has 1 unspecified atom stereocenters. The van der Waals surface area contributed by atoms with Gasteiger partial charge in [-0.05, 0) is 37.7 Å². The quantitative estimate of drug-likeness (QED) is 0.732. The number of benzene rings is 1. The molecule has 1 atom stereocenters. The van der Waals surface area contributed by atoms with Crippen LogP contribution in [0.4, 0.5) is 10.5 Å². The molecule has 146 valence electrons. The van der Waals surface area contributed by atoms with Crippen LogP contribution in [-0.2, 0) is 9.84 Å². The fourth-order valence-corrected chi connectivity index (χ4v) is 5.22. The lowest BCUT2D eigenvalue weighted by Gasteiger charge is -2.31. The lowest BCUT2D eigenvalue weighted by Crippen LogP contribution is -2.47. The number of amides is 2. The number of carbonyl (C=O) groups is 1. The van der Waals surface area contributed by atoms with Crippen LogP contribution in [0.3, 0.4) is 0 Å². The van der Waals surface area contributed by atoms with Crippen LogP contribution in [0.2, 0.25) is 10.0 Å². The van der Waals surface area contributed by atoms with Crippen LogP contribution in [0.1, 0.15) is 20.3 Å². The number of nitrogens with one attached hydrogen (secondary N) is 1. The van der Waals surface area contributed by atoms with Crippen molar-refractivity contribution in [3.05, 3.63) is 28.2 Å². The van der Waals surface area contributed by atoms with E-state index in [-0.39, 0.29) is 23.6 Å². The van der Waals surface area contributed by atoms with Gasteiger partial charge >= 0.3 is 6.03 Å². The van der Waals surface area contributed by atoms with E-state index in [2.05, 4.69) is 24.1 Å². The van der Waals surface area contributed by atoms with Crippen molar-refractivity contribution in [2.45, 2.75) is 26.3 Å². The first-order valence-electron chi connectivity index (χ1n) is 8.71. The normalized spacial score (nSPS) is 18.9. The molecule has 0 radical (unpaired) electrons. The molecule has 6 nitrogen and oxygen atoms in total. The number of hydrogen-bond acceptors (Lipinski definition) is 4. The summed E-state index contributed by atoms with van der Waals surface area (Å²) in [6.07, 6.45) is 0.461. The van der Waals surface area contributed by atoms with Crippen molar-refractivity contribution in [2.24, 2.45) is 0 Å². The van der Waals surface area contributed by atoms with E-state index in [4.69, 9.17) is 23.2 Å². The van der Waals surface area contributed by atoms with Crippen LogP contribution in [0.5, 0.6) is 0 Å². The van der Waals surface area contributed by atoms with Gasteiger partial charge < -0.3 is 15.1 Å². The van der Waals surface area contributed by atoms with E-state index in [0.29, 0.717) is 35.2 Å².